The van der Waals surface area contributed by atoms with E-state index in [1.807, 2.05) is 6.92 Å². The molecule has 0 spiro atoms. The second-order valence-corrected chi connectivity index (χ2v) is 5.19. The van der Waals surface area contributed by atoms with Crippen LogP contribution in [-0.2, 0) is 4.74 Å². The third-order valence-electron chi connectivity index (χ3n) is 3.11. The van der Waals surface area contributed by atoms with E-state index in [1.54, 1.807) is 0 Å². The zero-order valence-corrected chi connectivity index (χ0v) is 11.9. The summed E-state index contributed by atoms with van der Waals surface area (Å²) in [4.78, 5) is 0. The van der Waals surface area contributed by atoms with Gasteiger partial charge in [-0.2, -0.15) is 0 Å². The summed E-state index contributed by atoms with van der Waals surface area (Å²) in [5, 5.41) is 8.82. The maximum Gasteiger partial charge on any atom is 0.0513 e. The van der Waals surface area contributed by atoms with Crippen molar-refractivity contribution in [2.24, 2.45) is 5.92 Å². The lowest BCUT2D eigenvalue weighted by atomic mass is 10.1. The van der Waals surface area contributed by atoms with E-state index in [0.717, 1.165) is 6.61 Å². The van der Waals surface area contributed by atoms with Crippen molar-refractivity contribution in [2.45, 2.75) is 71.6 Å². The molecule has 0 bridgehead atoms. The highest BCUT2D eigenvalue weighted by Crippen LogP contribution is 2.09. The molecule has 1 atom stereocenters. The van der Waals surface area contributed by atoms with Gasteiger partial charge in [-0.05, 0) is 6.42 Å². The van der Waals surface area contributed by atoms with Gasteiger partial charge in [-0.3, -0.25) is 0 Å². The second-order valence-electron chi connectivity index (χ2n) is 5.19. The van der Waals surface area contributed by atoms with Crippen LogP contribution in [0.15, 0.2) is 0 Å². The first-order valence-corrected chi connectivity index (χ1v) is 7.49. The number of hydrogen-bond donors (Lipinski definition) is 1. The van der Waals surface area contributed by atoms with E-state index < -0.39 is 0 Å². The van der Waals surface area contributed by atoms with Gasteiger partial charge in [-0.1, -0.05) is 65.2 Å². The Hall–Kier alpha value is -0.0800. The third kappa shape index (κ3) is 13.9. The van der Waals surface area contributed by atoms with Gasteiger partial charge in [0.2, 0.25) is 0 Å². The van der Waals surface area contributed by atoms with Crippen LogP contribution in [-0.4, -0.2) is 24.9 Å². The first-order chi connectivity index (χ1) is 8.31. The molecule has 0 radical (unpaired) electrons. The fourth-order valence-electron chi connectivity index (χ4n) is 1.85. The van der Waals surface area contributed by atoms with Crippen LogP contribution in [0.2, 0.25) is 0 Å². The van der Waals surface area contributed by atoms with Crippen LogP contribution in [0.1, 0.15) is 71.6 Å². The van der Waals surface area contributed by atoms with Crippen LogP contribution in [0.3, 0.4) is 0 Å². The monoisotopic (exact) mass is 244 g/mol. The van der Waals surface area contributed by atoms with E-state index in [2.05, 4.69) is 6.92 Å². The molecule has 0 saturated heterocycles. The summed E-state index contributed by atoms with van der Waals surface area (Å²) in [6.07, 6.45) is 12.2. The van der Waals surface area contributed by atoms with Gasteiger partial charge in [-0.25, -0.2) is 0 Å². The van der Waals surface area contributed by atoms with Crippen molar-refractivity contribution in [2.75, 3.05) is 19.8 Å². The molecule has 17 heavy (non-hydrogen) atoms. The minimum Gasteiger partial charge on any atom is -0.396 e. The molecule has 0 fully saturated rings. The first kappa shape index (κ1) is 16.9. The Morgan fingerprint density at radius 3 is 1.94 bits per heavy atom. The molecule has 0 aliphatic rings. The smallest absolute Gasteiger partial charge is 0.0513 e. The van der Waals surface area contributed by atoms with Crippen LogP contribution >= 0.6 is 0 Å². The van der Waals surface area contributed by atoms with Gasteiger partial charge >= 0.3 is 0 Å². The molecule has 0 aromatic carbocycles. The topological polar surface area (TPSA) is 29.5 Å². The van der Waals surface area contributed by atoms with Crippen molar-refractivity contribution in [3.05, 3.63) is 0 Å². The van der Waals surface area contributed by atoms with Crippen LogP contribution in [0, 0.1) is 5.92 Å². The van der Waals surface area contributed by atoms with Crippen molar-refractivity contribution in [1.82, 2.24) is 0 Å². The van der Waals surface area contributed by atoms with E-state index in [1.165, 1.54) is 57.8 Å². The Bertz CT molecular complexity index is 137. The van der Waals surface area contributed by atoms with Crippen molar-refractivity contribution in [1.29, 1.82) is 0 Å². The molecule has 1 unspecified atom stereocenters. The lowest BCUT2D eigenvalue weighted by Crippen LogP contribution is -2.10. The van der Waals surface area contributed by atoms with E-state index >= 15 is 0 Å². The largest absolute Gasteiger partial charge is 0.396 e. The summed E-state index contributed by atoms with van der Waals surface area (Å²) in [7, 11) is 0. The average Bonchev–Trinajstić information content (AvgIpc) is 2.35. The maximum absolute atomic E-state index is 8.82. The van der Waals surface area contributed by atoms with Crippen molar-refractivity contribution in [3.8, 4) is 0 Å². The molecule has 0 saturated carbocycles. The van der Waals surface area contributed by atoms with E-state index in [0.29, 0.717) is 6.61 Å². The summed E-state index contributed by atoms with van der Waals surface area (Å²) < 4.78 is 5.49. The lowest BCUT2D eigenvalue weighted by molar-refractivity contribution is 0.0775. The molecule has 0 amide bonds. The number of ether oxygens (including phenoxy) is 1. The lowest BCUT2D eigenvalue weighted by Gasteiger charge is -2.08. The van der Waals surface area contributed by atoms with Gasteiger partial charge in [0.05, 0.1) is 6.61 Å². The Morgan fingerprint density at radius 1 is 0.882 bits per heavy atom. The Balaban J connectivity index is 2.94. The van der Waals surface area contributed by atoms with Crippen LogP contribution in [0.5, 0.6) is 0 Å². The molecule has 2 nitrogen and oxygen atoms in total. The Labute approximate surface area is 108 Å². The molecule has 0 aromatic heterocycles. The highest BCUT2D eigenvalue weighted by Gasteiger charge is 1.98. The van der Waals surface area contributed by atoms with Gasteiger partial charge in [0.1, 0.15) is 0 Å². The molecule has 1 N–H and O–H groups in total. The zero-order chi connectivity index (χ0) is 12.8. The summed E-state index contributed by atoms with van der Waals surface area (Å²) in [6.45, 7) is 6.07. The Kier molecular flexibility index (Phi) is 13.9. The maximum atomic E-state index is 8.82. The number of unbranched alkanes of at least 4 members (excludes halogenated alkanes) is 8. The van der Waals surface area contributed by atoms with E-state index in [-0.39, 0.29) is 12.5 Å². The minimum absolute atomic E-state index is 0.234. The summed E-state index contributed by atoms with van der Waals surface area (Å²) in [5.41, 5.74) is 0. The molecule has 0 aromatic rings. The fraction of sp³-hybridized carbons (Fsp3) is 1.00. The van der Waals surface area contributed by atoms with Crippen LogP contribution in [0.4, 0.5) is 0 Å². The summed E-state index contributed by atoms with van der Waals surface area (Å²) in [5.74, 6) is 0.286. The quantitative estimate of drug-likeness (QED) is 0.493. The second kappa shape index (κ2) is 14.0. The standard InChI is InChI=1S/C15H32O2/c1-3-4-5-6-7-8-9-10-11-12-17-14-15(2)13-16/h15-16H,3-14H2,1-2H3. The third-order valence-corrected chi connectivity index (χ3v) is 3.11. The van der Waals surface area contributed by atoms with Crippen molar-refractivity contribution in [3.63, 3.8) is 0 Å². The molecule has 0 heterocycles. The highest BCUT2D eigenvalue weighted by molar-refractivity contribution is 4.48. The van der Waals surface area contributed by atoms with Gasteiger partial charge in [0.25, 0.3) is 0 Å². The predicted octanol–water partition coefficient (Wildman–Crippen LogP) is 4.16. The Morgan fingerprint density at radius 2 is 1.41 bits per heavy atom. The number of hydrogen-bond acceptors (Lipinski definition) is 2. The van der Waals surface area contributed by atoms with Crippen LogP contribution < -0.4 is 0 Å². The van der Waals surface area contributed by atoms with Gasteiger partial charge in [0, 0.05) is 19.1 Å². The molecule has 0 rings (SSSR count). The summed E-state index contributed by atoms with van der Waals surface area (Å²) >= 11 is 0. The minimum atomic E-state index is 0.234. The molecule has 0 aliphatic heterocycles. The van der Waals surface area contributed by atoms with Crippen molar-refractivity contribution >= 4 is 0 Å². The molecule has 2 heteroatoms. The SMILES string of the molecule is CCCCCCCCCCCOCC(C)CO. The number of aliphatic hydroxyl groups excluding tert-OH is 1. The molecular weight excluding hydrogens is 212 g/mol. The van der Waals surface area contributed by atoms with E-state index in [4.69, 9.17) is 9.84 Å². The molecule has 104 valence electrons. The number of aliphatic hydroxyl groups is 1. The van der Waals surface area contributed by atoms with Crippen LogP contribution in [0.25, 0.3) is 0 Å². The molecular formula is C15H32O2. The fourth-order valence-corrected chi connectivity index (χ4v) is 1.85. The highest BCUT2D eigenvalue weighted by atomic mass is 16.5. The zero-order valence-electron chi connectivity index (χ0n) is 11.9. The molecule has 0 aliphatic carbocycles. The first-order valence-electron chi connectivity index (χ1n) is 7.49. The predicted molar refractivity (Wildman–Crippen MR) is 74.3 cm³/mol. The van der Waals surface area contributed by atoms with Crippen molar-refractivity contribution < 1.29 is 9.84 Å². The summed E-state index contributed by atoms with van der Waals surface area (Å²) in [6, 6.07) is 0. The van der Waals surface area contributed by atoms with Gasteiger partial charge in [-0.15, -0.1) is 0 Å². The van der Waals surface area contributed by atoms with E-state index in [9.17, 15) is 0 Å². The normalized spacial score (nSPS) is 12.9. The number of rotatable bonds is 13. The van der Waals surface area contributed by atoms with Gasteiger partial charge in [0.15, 0.2) is 0 Å². The average molecular weight is 244 g/mol. The van der Waals surface area contributed by atoms with Gasteiger partial charge < -0.3 is 9.84 Å².